The van der Waals surface area contributed by atoms with Gasteiger partial charge in [0.05, 0.1) is 29.9 Å². The van der Waals surface area contributed by atoms with Crippen molar-refractivity contribution in [1.82, 2.24) is 39.9 Å². The second-order valence-corrected chi connectivity index (χ2v) is 11.4. The van der Waals surface area contributed by atoms with Gasteiger partial charge in [-0.3, -0.25) is 18.8 Å². The quantitative estimate of drug-likeness (QED) is 0.368. The van der Waals surface area contributed by atoms with Crippen LogP contribution in [0.15, 0.2) is 42.2 Å². The Hall–Kier alpha value is -4.33. The molecule has 222 valence electrons. The average Bonchev–Trinajstić information content (AvgIpc) is 3.67. The van der Waals surface area contributed by atoms with Crippen molar-refractivity contribution in [3.63, 3.8) is 0 Å². The molecule has 1 aliphatic heterocycles. The van der Waals surface area contributed by atoms with Crippen molar-refractivity contribution in [1.29, 1.82) is 0 Å². The van der Waals surface area contributed by atoms with E-state index in [2.05, 4.69) is 25.9 Å². The molecular weight excluding hydrogens is 563 g/mol. The van der Waals surface area contributed by atoms with Crippen LogP contribution in [0.3, 0.4) is 0 Å². The van der Waals surface area contributed by atoms with E-state index in [9.17, 15) is 18.8 Å². The third kappa shape index (κ3) is 7.29. The molecule has 0 aliphatic carbocycles. The van der Waals surface area contributed by atoms with Crippen molar-refractivity contribution in [3.05, 3.63) is 64.9 Å². The highest BCUT2D eigenvalue weighted by Crippen LogP contribution is 2.21. The summed E-state index contributed by atoms with van der Waals surface area (Å²) < 4.78 is 23.4. The van der Waals surface area contributed by atoms with Gasteiger partial charge in [-0.05, 0) is 30.5 Å². The Morgan fingerprint density at radius 2 is 2.07 bits per heavy atom. The minimum atomic E-state index is -0.861. The smallest absolute Gasteiger partial charge is 0.255 e. The topological polar surface area (TPSA) is 136 Å². The molecule has 4 aromatic rings. The molecule has 5 rings (SSSR count). The first-order valence-corrected chi connectivity index (χ1v) is 14.7. The van der Waals surface area contributed by atoms with Crippen LogP contribution in [0.1, 0.15) is 42.0 Å². The molecule has 0 saturated heterocycles. The maximum Gasteiger partial charge on any atom is 0.255 e. The molecule has 1 atom stereocenters. The number of nitrogens with zero attached hydrogens (tertiary/aromatic N) is 6. The number of carbonyl (C=O) groups excluding carboxylic acids is 3. The number of thiazole rings is 1. The molecule has 3 aromatic heterocycles. The zero-order valence-corrected chi connectivity index (χ0v) is 24.3. The van der Waals surface area contributed by atoms with Crippen LogP contribution in [-0.4, -0.2) is 79.3 Å². The fourth-order valence-corrected chi connectivity index (χ4v) is 5.45. The monoisotopic (exact) mass is 596 g/mol. The number of benzene rings is 1. The van der Waals surface area contributed by atoms with Crippen LogP contribution in [0.25, 0.3) is 4.96 Å². The standard InChI is InChI=1S/C28H33FN8O4S/c1-18(2)13-23-27(40)30-6-8-35(25(38)15-21-16-36-10-12-42-28(36)31-21)7-5-20-17-37(34-33-20)9-11-41-24-4-3-19(29)14-22(24)26(39)32-23/h3-4,10,12,14,16-18,23H,5-9,11,13,15H2,1-2H3,(H,30,40)(H,32,39)/t23-/m1/s1. The molecule has 2 N–H and O–H groups in total. The molecule has 0 spiro atoms. The van der Waals surface area contributed by atoms with Gasteiger partial charge in [-0.1, -0.05) is 19.1 Å². The summed E-state index contributed by atoms with van der Waals surface area (Å²) in [6.07, 6.45) is 6.46. The first kappa shape index (κ1) is 29.2. The molecule has 1 aromatic carbocycles. The van der Waals surface area contributed by atoms with E-state index in [1.165, 1.54) is 23.5 Å². The molecule has 0 radical (unpaired) electrons. The van der Waals surface area contributed by atoms with Crippen molar-refractivity contribution in [2.75, 3.05) is 26.2 Å². The summed E-state index contributed by atoms with van der Waals surface area (Å²) in [4.78, 5) is 46.8. The van der Waals surface area contributed by atoms with Gasteiger partial charge in [0, 0.05) is 50.0 Å². The van der Waals surface area contributed by atoms with Crippen LogP contribution in [-0.2, 0) is 29.0 Å². The molecule has 3 amide bonds. The highest BCUT2D eigenvalue weighted by molar-refractivity contribution is 7.15. The van der Waals surface area contributed by atoms with Gasteiger partial charge in [0.1, 0.15) is 24.2 Å². The number of ether oxygens (including phenoxy) is 1. The van der Waals surface area contributed by atoms with Crippen molar-refractivity contribution in [3.8, 4) is 5.75 Å². The lowest BCUT2D eigenvalue weighted by Crippen LogP contribution is -2.49. The minimum absolute atomic E-state index is 0.00660. The van der Waals surface area contributed by atoms with Gasteiger partial charge in [-0.2, -0.15) is 0 Å². The largest absolute Gasteiger partial charge is 0.491 e. The lowest BCUT2D eigenvalue weighted by molar-refractivity contribution is -0.131. The van der Waals surface area contributed by atoms with Gasteiger partial charge in [0.15, 0.2) is 4.96 Å². The Labute approximate surface area is 245 Å². The second kappa shape index (κ2) is 13.1. The van der Waals surface area contributed by atoms with Crippen LogP contribution in [0, 0.1) is 11.7 Å². The molecule has 4 heterocycles. The number of rotatable bonds is 4. The van der Waals surface area contributed by atoms with E-state index in [0.29, 0.717) is 37.3 Å². The molecule has 12 nitrogen and oxygen atoms in total. The van der Waals surface area contributed by atoms with E-state index in [1.807, 2.05) is 36.0 Å². The van der Waals surface area contributed by atoms with Crippen LogP contribution in [0.5, 0.6) is 5.75 Å². The number of fused-ring (bicyclic) bond motifs is 4. The summed E-state index contributed by atoms with van der Waals surface area (Å²) in [5, 5.41) is 15.9. The SMILES string of the molecule is CC(C)C[C@H]1NC(=O)c2cc(F)ccc2OCCn2cc(nn2)CCN(C(=O)Cc2cn3ccsc3n2)CCNC1=O. The summed E-state index contributed by atoms with van der Waals surface area (Å²) in [5.41, 5.74) is 1.35. The summed E-state index contributed by atoms with van der Waals surface area (Å²) in [6.45, 7) is 5.17. The molecule has 2 bridgehead atoms. The van der Waals surface area contributed by atoms with Gasteiger partial charge in [-0.15, -0.1) is 16.4 Å². The highest BCUT2D eigenvalue weighted by atomic mass is 32.1. The lowest BCUT2D eigenvalue weighted by Gasteiger charge is -2.24. The predicted molar refractivity (Wildman–Crippen MR) is 153 cm³/mol. The van der Waals surface area contributed by atoms with E-state index in [1.54, 1.807) is 15.8 Å². The molecule has 14 heteroatoms. The van der Waals surface area contributed by atoms with Crippen molar-refractivity contribution in [2.45, 2.75) is 45.7 Å². The maximum atomic E-state index is 14.1. The summed E-state index contributed by atoms with van der Waals surface area (Å²) in [6, 6.07) is 2.84. The summed E-state index contributed by atoms with van der Waals surface area (Å²) in [5.74, 6) is -1.44. The molecule has 0 fully saturated rings. The number of hydrogen-bond donors (Lipinski definition) is 2. The van der Waals surface area contributed by atoms with Gasteiger partial charge >= 0.3 is 0 Å². The van der Waals surface area contributed by atoms with Crippen LogP contribution >= 0.6 is 11.3 Å². The zero-order chi connectivity index (χ0) is 29.6. The van der Waals surface area contributed by atoms with E-state index in [-0.39, 0.29) is 55.2 Å². The average molecular weight is 597 g/mol. The predicted octanol–water partition coefficient (Wildman–Crippen LogP) is 2.09. The summed E-state index contributed by atoms with van der Waals surface area (Å²) in [7, 11) is 0. The highest BCUT2D eigenvalue weighted by Gasteiger charge is 2.25. The Bertz CT molecular complexity index is 1540. The number of aromatic nitrogens is 5. The minimum Gasteiger partial charge on any atom is -0.491 e. The van der Waals surface area contributed by atoms with Gasteiger partial charge in [-0.25, -0.2) is 14.1 Å². The van der Waals surface area contributed by atoms with Gasteiger partial charge in [0.25, 0.3) is 5.91 Å². The Kier molecular flexibility index (Phi) is 9.10. The maximum absolute atomic E-state index is 14.1. The Morgan fingerprint density at radius 3 is 2.88 bits per heavy atom. The van der Waals surface area contributed by atoms with Crippen molar-refractivity contribution < 1.29 is 23.5 Å². The van der Waals surface area contributed by atoms with E-state index in [0.717, 1.165) is 11.0 Å². The number of halogens is 1. The van der Waals surface area contributed by atoms with Crippen molar-refractivity contribution in [2.24, 2.45) is 5.92 Å². The van der Waals surface area contributed by atoms with Gasteiger partial charge in [0.2, 0.25) is 11.8 Å². The van der Waals surface area contributed by atoms with E-state index in [4.69, 9.17) is 4.74 Å². The number of carbonyl (C=O) groups is 3. The normalized spacial score (nSPS) is 17.2. The first-order valence-electron chi connectivity index (χ1n) is 13.8. The molecule has 0 unspecified atom stereocenters. The number of amides is 3. The van der Waals surface area contributed by atoms with Crippen LogP contribution < -0.4 is 15.4 Å². The Balaban J connectivity index is 1.35. The van der Waals surface area contributed by atoms with Crippen molar-refractivity contribution >= 4 is 34.0 Å². The second-order valence-electron chi connectivity index (χ2n) is 10.5. The fraction of sp³-hybridized carbons (Fsp3) is 0.429. The molecule has 42 heavy (non-hydrogen) atoms. The van der Waals surface area contributed by atoms with Crippen LogP contribution in [0.4, 0.5) is 4.39 Å². The lowest BCUT2D eigenvalue weighted by atomic mass is 10.0. The summed E-state index contributed by atoms with van der Waals surface area (Å²) >= 11 is 1.49. The van der Waals surface area contributed by atoms with Gasteiger partial charge < -0.3 is 20.3 Å². The molecular formula is C28H33FN8O4S. The van der Waals surface area contributed by atoms with Crippen LogP contribution in [0.2, 0.25) is 0 Å². The molecule has 1 aliphatic rings. The van der Waals surface area contributed by atoms with E-state index < -0.39 is 17.8 Å². The Morgan fingerprint density at radius 1 is 1.21 bits per heavy atom. The fourth-order valence-electron chi connectivity index (χ4n) is 4.73. The first-order chi connectivity index (χ1) is 20.2. The number of hydrogen-bond acceptors (Lipinski definition) is 8. The number of nitrogens with one attached hydrogen (secondary N) is 2. The molecule has 0 saturated carbocycles. The third-order valence-electron chi connectivity index (χ3n) is 6.83. The number of imidazole rings is 1. The van der Waals surface area contributed by atoms with E-state index >= 15 is 0 Å². The zero-order valence-electron chi connectivity index (χ0n) is 23.5. The third-order valence-corrected chi connectivity index (χ3v) is 7.60.